The van der Waals surface area contributed by atoms with Gasteiger partial charge in [-0.1, -0.05) is 11.3 Å². The maximum absolute atomic E-state index is 13.3. The SMILES string of the molecule is Cc1nnc(-c2ccncc2N2CCC(C(=O)N3C(C(N)=O)CCC3(C)C)CC2)s1. The predicted octanol–water partition coefficient (Wildman–Crippen LogP) is 2.38. The van der Waals surface area contributed by atoms with E-state index in [2.05, 4.69) is 20.1 Å². The number of aromatic nitrogens is 3. The molecule has 2 N–H and O–H groups in total. The number of pyridine rings is 1. The fraction of sp³-hybridized carbons (Fsp3) is 0.571. The first kappa shape index (κ1) is 20.7. The molecule has 8 nitrogen and oxygen atoms in total. The Morgan fingerprint density at radius 1 is 1.20 bits per heavy atom. The van der Waals surface area contributed by atoms with E-state index in [0.29, 0.717) is 6.42 Å². The first-order chi connectivity index (χ1) is 14.3. The highest BCUT2D eigenvalue weighted by Gasteiger charge is 2.47. The second-order valence-corrected chi connectivity index (χ2v) is 9.94. The summed E-state index contributed by atoms with van der Waals surface area (Å²) < 4.78 is 0. The maximum Gasteiger partial charge on any atom is 0.240 e. The summed E-state index contributed by atoms with van der Waals surface area (Å²) in [4.78, 5) is 33.6. The molecule has 2 aliphatic heterocycles. The Bertz CT molecular complexity index is 950. The van der Waals surface area contributed by atoms with E-state index < -0.39 is 11.9 Å². The van der Waals surface area contributed by atoms with E-state index in [4.69, 9.17) is 5.73 Å². The average Bonchev–Trinajstić information content (AvgIpc) is 3.30. The number of rotatable bonds is 4. The van der Waals surface area contributed by atoms with Crippen molar-refractivity contribution in [1.82, 2.24) is 20.1 Å². The van der Waals surface area contributed by atoms with Gasteiger partial charge in [0.15, 0.2) is 0 Å². The second-order valence-electron chi connectivity index (χ2n) is 8.76. The van der Waals surface area contributed by atoms with Gasteiger partial charge in [-0.05, 0) is 52.5 Å². The molecule has 0 bridgehead atoms. The van der Waals surface area contributed by atoms with Crippen LogP contribution in [0, 0.1) is 12.8 Å². The van der Waals surface area contributed by atoms with Crippen molar-refractivity contribution in [2.24, 2.45) is 11.7 Å². The first-order valence-corrected chi connectivity index (χ1v) is 11.2. The minimum Gasteiger partial charge on any atom is -0.370 e. The molecule has 2 saturated heterocycles. The third kappa shape index (κ3) is 3.78. The summed E-state index contributed by atoms with van der Waals surface area (Å²) in [6.07, 6.45) is 6.55. The molecule has 4 heterocycles. The van der Waals surface area contributed by atoms with Crippen LogP contribution in [0.25, 0.3) is 10.6 Å². The van der Waals surface area contributed by atoms with Crippen molar-refractivity contribution in [2.45, 2.75) is 58.0 Å². The topological polar surface area (TPSA) is 105 Å². The number of aryl methyl sites for hydroxylation is 1. The van der Waals surface area contributed by atoms with Gasteiger partial charge in [-0.15, -0.1) is 10.2 Å². The van der Waals surface area contributed by atoms with Crippen molar-refractivity contribution < 1.29 is 9.59 Å². The molecule has 2 amide bonds. The van der Waals surface area contributed by atoms with Crippen LogP contribution in [0.2, 0.25) is 0 Å². The third-order valence-electron chi connectivity index (χ3n) is 6.30. The molecule has 1 unspecified atom stereocenters. The number of hydrogen-bond donors (Lipinski definition) is 1. The van der Waals surface area contributed by atoms with Crippen LogP contribution in [0.4, 0.5) is 5.69 Å². The van der Waals surface area contributed by atoms with E-state index >= 15 is 0 Å². The van der Waals surface area contributed by atoms with Crippen molar-refractivity contribution in [1.29, 1.82) is 0 Å². The number of anilines is 1. The molecule has 160 valence electrons. The summed E-state index contributed by atoms with van der Waals surface area (Å²) in [7, 11) is 0. The van der Waals surface area contributed by atoms with E-state index in [-0.39, 0.29) is 17.4 Å². The van der Waals surface area contributed by atoms with Gasteiger partial charge >= 0.3 is 0 Å². The van der Waals surface area contributed by atoms with Crippen molar-refractivity contribution in [3.63, 3.8) is 0 Å². The largest absolute Gasteiger partial charge is 0.370 e. The van der Waals surface area contributed by atoms with Crippen LogP contribution in [0.5, 0.6) is 0 Å². The standard InChI is InChI=1S/C21H28N6O2S/c1-13-24-25-19(30-13)15-5-9-23-12-17(15)26-10-6-14(7-11-26)20(29)27-16(18(22)28)4-8-21(27,2)3/h5,9,12,14,16H,4,6-8,10-11H2,1-3H3,(H2,22,28). The normalized spacial score (nSPS) is 21.8. The molecule has 0 aromatic carbocycles. The maximum atomic E-state index is 13.3. The summed E-state index contributed by atoms with van der Waals surface area (Å²) in [6, 6.07) is 1.48. The zero-order chi connectivity index (χ0) is 21.5. The van der Waals surface area contributed by atoms with Gasteiger partial charge in [0.05, 0.1) is 11.9 Å². The van der Waals surface area contributed by atoms with Crippen LogP contribution >= 0.6 is 11.3 Å². The molecular formula is C21H28N6O2S. The number of likely N-dealkylation sites (tertiary alicyclic amines) is 1. The zero-order valence-corrected chi connectivity index (χ0v) is 18.5. The van der Waals surface area contributed by atoms with Gasteiger partial charge in [0, 0.05) is 36.3 Å². The van der Waals surface area contributed by atoms with E-state index in [1.165, 1.54) is 0 Å². The smallest absolute Gasteiger partial charge is 0.240 e. The molecule has 2 aromatic heterocycles. The molecule has 0 radical (unpaired) electrons. The van der Waals surface area contributed by atoms with Gasteiger partial charge in [0.2, 0.25) is 11.8 Å². The van der Waals surface area contributed by atoms with E-state index in [1.54, 1.807) is 22.4 Å². The van der Waals surface area contributed by atoms with Gasteiger partial charge in [-0.3, -0.25) is 14.6 Å². The molecule has 1 atom stereocenters. The molecule has 0 spiro atoms. The number of carbonyl (C=O) groups is 2. The Kier molecular flexibility index (Phi) is 5.48. The van der Waals surface area contributed by atoms with Crippen LogP contribution < -0.4 is 10.6 Å². The molecule has 2 fully saturated rings. The highest BCUT2D eigenvalue weighted by Crippen LogP contribution is 2.38. The highest BCUT2D eigenvalue weighted by molar-refractivity contribution is 7.14. The monoisotopic (exact) mass is 428 g/mol. The quantitative estimate of drug-likeness (QED) is 0.802. The van der Waals surface area contributed by atoms with E-state index in [1.807, 2.05) is 33.0 Å². The molecule has 2 aliphatic rings. The number of nitrogens with zero attached hydrogens (tertiary/aromatic N) is 5. The predicted molar refractivity (Wildman–Crippen MR) is 116 cm³/mol. The molecule has 30 heavy (non-hydrogen) atoms. The molecular weight excluding hydrogens is 400 g/mol. The Balaban J connectivity index is 1.49. The summed E-state index contributed by atoms with van der Waals surface area (Å²) >= 11 is 1.56. The molecule has 9 heteroatoms. The minimum atomic E-state index is -0.490. The van der Waals surface area contributed by atoms with Crippen molar-refractivity contribution >= 4 is 28.8 Å². The van der Waals surface area contributed by atoms with Gasteiger partial charge in [-0.25, -0.2) is 0 Å². The van der Waals surface area contributed by atoms with Crippen LogP contribution in [0.1, 0.15) is 44.5 Å². The Labute approximate surface area is 180 Å². The van der Waals surface area contributed by atoms with Crippen molar-refractivity contribution in [3.05, 3.63) is 23.5 Å². The molecule has 0 saturated carbocycles. The van der Waals surface area contributed by atoms with Crippen molar-refractivity contribution in [3.8, 4) is 10.6 Å². The number of piperidine rings is 1. The second kappa shape index (κ2) is 7.94. The van der Waals surface area contributed by atoms with Crippen LogP contribution in [-0.4, -0.2) is 56.6 Å². The molecule has 4 rings (SSSR count). The lowest BCUT2D eigenvalue weighted by molar-refractivity contribution is -0.146. The van der Waals surface area contributed by atoms with Crippen molar-refractivity contribution in [2.75, 3.05) is 18.0 Å². The lowest BCUT2D eigenvalue weighted by Gasteiger charge is -2.40. The highest BCUT2D eigenvalue weighted by atomic mass is 32.1. The number of primary amides is 1. The van der Waals surface area contributed by atoms with E-state index in [9.17, 15) is 9.59 Å². The Morgan fingerprint density at radius 3 is 2.57 bits per heavy atom. The number of hydrogen-bond acceptors (Lipinski definition) is 7. The van der Waals surface area contributed by atoms with Crippen LogP contribution in [0.15, 0.2) is 18.5 Å². The minimum absolute atomic E-state index is 0.0621. The molecule has 2 aromatic rings. The fourth-order valence-corrected chi connectivity index (χ4v) is 5.40. The van der Waals surface area contributed by atoms with Crippen LogP contribution in [0.3, 0.4) is 0 Å². The van der Waals surface area contributed by atoms with Gasteiger partial charge in [-0.2, -0.15) is 0 Å². The summed E-state index contributed by atoms with van der Waals surface area (Å²) in [5.41, 5.74) is 7.30. The lowest BCUT2D eigenvalue weighted by atomic mass is 9.92. The number of amides is 2. The Morgan fingerprint density at radius 2 is 1.93 bits per heavy atom. The average molecular weight is 429 g/mol. The summed E-state index contributed by atoms with van der Waals surface area (Å²) in [5, 5.41) is 10.2. The fourth-order valence-electron chi connectivity index (χ4n) is 4.67. The number of carbonyl (C=O) groups excluding carboxylic acids is 2. The third-order valence-corrected chi connectivity index (χ3v) is 7.17. The van der Waals surface area contributed by atoms with Gasteiger partial charge < -0.3 is 15.5 Å². The summed E-state index contributed by atoms with van der Waals surface area (Å²) in [6.45, 7) is 7.49. The van der Waals surface area contributed by atoms with E-state index in [0.717, 1.165) is 53.6 Å². The lowest BCUT2D eigenvalue weighted by Crippen LogP contribution is -2.54. The van der Waals surface area contributed by atoms with Crippen LogP contribution in [-0.2, 0) is 9.59 Å². The zero-order valence-electron chi connectivity index (χ0n) is 17.7. The summed E-state index contributed by atoms with van der Waals surface area (Å²) in [5.74, 6) is -0.435. The van der Waals surface area contributed by atoms with Gasteiger partial charge in [0.1, 0.15) is 16.1 Å². The Hall–Kier alpha value is -2.55. The number of nitrogens with two attached hydrogens (primary N) is 1. The first-order valence-electron chi connectivity index (χ1n) is 10.4. The molecule has 0 aliphatic carbocycles. The van der Waals surface area contributed by atoms with Gasteiger partial charge in [0.25, 0.3) is 0 Å².